The van der Waals surface area contributed by atoms with Crippen LogP contribution in [0.5, 0.6) is 11.5 Å². The first-order valence-electron chi connectivity index (χ1n) is 9.66. The minimum atomic E-state index is -3.80. The maximum Gasteiger partial charge on any atom is 0.340 e. The fourth-order valence-electron chi connectivity index (χ4n) is 3.17. The summed E-state index contributed by atoms with van der Waals surface area (Å²) >= 11 is 0. The van der Waals surface area contributed by atoms with Crippen molar-refractivity contribution in [2.75, 3.05) is 37.2 Å². The second-order valence-corrected chi connectivity index (χ2v) is 9.10. The minimum absolute atomic E-state index is 0.0304. The molecule has 0 bridgehead atoms. The Kier molecular flexibility index (Phi) is 7.73. The zero-order chi connectivity index (χ0) is 24.2. The Labute approximate surface area is 188 Å². The molecule has 0 saturated carbocycles. The largest absolute Gasteiger partial charge is 0.493 e. The van der Waals surface area contributed by atoms with Crippen molar-refractivity contribution in [2.24, 2.45) is 0 Å². The number of hydrogen-bond acceptors (Lipinski definition) is 7. The third kappa shape index (κ3) is 5.31. The van der Waals surface area contributed by atoms with Gasteiger partial charge in [-0.1, -0.05) is 6.07 Å². The van der Waals surface area contributed by atoms with Gasteiger partial charge in [-0.3, -0.25) is 9.10 Å². The van der Waals surface area contributed by atoms with Crippen molar-refractivity contribution >= 4 is 33.3 Å². The summed E-state index contributed by atoms with van der Waals surface area (Å²) in [6, 6.07) is 6.81. The number of anilines is 2. The molecule has 10 heteroatoms. The molecule has 1 atom stereocenters. The second kappa shape index (κ2) is 9.90. The number of nitrogens with one attached hydrogen (secondary N) is 1. The minimum Gasteiger partial charge on any atom is -0.493 e. The summed E-state index contributed by atoms with van der Waals surface area (Å²) in [7, 11) is 0.225. The van der Waals surface area contributed by atoms with Gasteiger partial charge in [0.2, 0.25) is 15.9 Å². The number of methoxy groups -OCH3 is 3. The fourth-order valence-corrected chi connectivity index (χ4v) is 4.34. The second-order valence-electron chi connectivity index (χ2n) is 7.24. The van der Waals surface area contributed by atoms with Crippen LogP contribution in [-0.2, 0) is 19.6 Å². The van der Waals surface area contributed by atoms with Crippen molar-refractivity contribution < 1.29 is 32.2 Å². The molecule has 0 aliphatic rings. The number of esters is 1. The number of rotatable bonds is 8. The highest BCUT2D eigenvalue weighted by atomic mass is 32.2. The number of aryl methyl sites for hydroxylation is 2. The van der Waals surface area contributed by atoms with Crippen LogP contribution in [0.1, 0.15) is 28.4 Å². The van der Waals surface area contributed by atoms with E-state index in [2.05, 4.69) is 5.32 Å². The number of nitrogens with zero attached hydrogens (tertiary/aromatic N) is 1. The smallest absolute Gasteiger partial charge is 0.340 e. The van der Waals surface area contributed by atoms with Gasteiger partial charge in [0.05, 0.1) is 44.5 Å². The lowest BCUT2D eigenvalue weighted by Gasteiger charge is -2.29. The molecule has 1 N–H and O–H groups in total. The standard InChI is InChI=1S/C22H28N2O7S/c1-13-8-9-16(10-14(13)2)24(32(7,27)28)15(3)21(25)23-18-12-20(30-5)19(29-4)11-17(18)22(26)31-6/h8-12,15H,1-7H3,(H,23,25)/t15-/m1/s1. The molecule has 0 aromatic heterocycles. The van der Waals surface area contributed by atoms with Crippen LogP contribution in [0.25, 0.3) is 0 Å². The first kappa shape index (κ1) is 25.0. The number of carbonyl (C=O) groups is 2. The highest BCUT2D eigenvalue weighted by Gasteiger charge is 2.30. The van der Waals surface area contributed by atoms with E-state index in [-0.39, 0.29) is 22.7 Å². The van der Waals surface area contributed by atoms with Gasteiger partial charge in [-0.05, 0) is 44.0 Å². The lowest BCUT2D eigenvalue weighted by atomic mass is 10.1. The van der Waals surface area contributed by atoms with Crippen LogP contribution in [0.3, 0.4) is 0 Å². The average Bonchev–Trinajstić information content (AvgIpc) is 2.74. The Morgan fingerprint density at radius 2 is 1.56 bits per heavy atom. The molecule has 0 radical (unpaired) electrons. The fraction of sp³-hybridized carbons (Fsp3) is 0.364. The molecule has 2 aromatic carbocycles. The molecule has 0 spiro atoms. The molecule has 174 valence electrons. The zero-order valence-corrected chi connectivity index (χ0v) is 20.0. The monoisotopic (exact) mass is 464 g/mol. The SMILES string of the molecule is COC(=O)c1cc(OC)c(OC)cc1NC(=O)[C@@H](C)N(c1ccc(C)c(C)c1)S(C)(=O)=O. The normalized spacial score (nSPS) is 12.0. The molecule has 0 unspecified atom stereocenters. The Balaban J connectivity index is 2.49. The Hall–Kier alpha value is -3.27. The number of ether oxygens (including phenoxy) is 3. The van der Waals surface area contributed by atoms with Gasteiger partial charge in [-0.2, -0.15) is 0 Å². The summed E-state index contributed by atoms with van der Waals surface area (Å²) in [5, 5.41) is 2.62. The summed E-state index contributed by atoms with van der Waals surface area (Å²) in [5.41, 5.74) is 2.37. The number of amides is 1. The molecule has 9 nitrogen and oxygen atoms in total. The van der Waals surface area contributed by atoms with E-state index in [1.165, 1.54) is 40.4 Å². The molecule has 0 aliphatic carbocycles. The predicted octanol–water partition coefficient (Wildman–Crippen LogP) is 2.90. The molecule has 2 aromatic rings. The van der Waals surface area contributed by atoms with Crippen molar-refractivity contribution in [3.8, 4) is 11.5 Å². The van der Waals surface area contributed by atoms with Gasteiger partial charge >= 0.3 is 5.97 Å². The van der Waals surface area contributed by atoms with Crippen LogP contribution >= 0.6 is 0 Å². The van der Waals surface area contributed by atoms with Crippen LogP contribution < -0.4 is 19.1 Å². The molecular weight excluding hydrogens is 436 g/mol. The van der Waals surface area contributed by atoms with Gasteiger partial charge in [-0.25, -0.2) is 13.2 Å². The third-order valence-electron chi connectivity index (χ3n) is 5.02. The van der Waals surface area contributed by atoms with E-state index in [9.17, 15) is 18.0 Å². The summed E-state index contributed by atoms with van der Waals surface area (Å²) in [6.07, 6.45) is 1.03. The van der Waals surface area contributed by atoms with Gasteiger partial charge in [0, 0.05) is 12.1 Å². The van der Waals surface area contributed by atoms with Crippen LogP contribution in [0.4, 0.5) is 11.4 Å². The average molecular weight is 465 g/mol. The number of benzene rings is 2. The first-order valence-corrected chi connectivity index (χ1v) is 11.5. The van der Waals surface area contributed by atoms with Crippen LogP contribution in [0, 0.1) is 13.8 Å². The number of carbonyl (C=O) groups excluding carboxylic acids is 2. The Morgan fingerprint density at radius 3 is 2.06 bits per heavy atom. The molecular formula is C22H28N2O7S. The highest BCUT2D eigenvalue weighted by molar-refractivity contribution is 7.92. The summed E-state index contributed by atoms with van der Waals surface area (Å²) in [6.45, 7) is 5.23. The Morgan fingerprint density at radius 1 is 0.969 bits per heavy atom. The van der Waals surface area contributed by atoms with E-state index < -0.39 is 27.9 Å². The van der Waals surface area contributed by atoms with Crippen molar-refractivity contribution in [2.45, 2.75) is 26.8 Å². The van der Waals surface area contributed by atoms with E-state index >= 15 is 0 Å². The van der Waals surface area contributed by atoms with Gasteiger partial charge in [-0.15, -0.1) is 0 Å². The molecule has 2 rings (SSSR count). The summed E-state index contributed by atoms with van der Waals surface area (Å²) in [5.74, 6) is -0.807. The van der Waals surface area contributed by atoms with E-state index in [0.717, 1.165) is 21.7 Å². The molecule has 1 amide bonds. The quantitative estimate of drug-likeness (QED) is 0.598. The van der Waals surface area contributed by atoms with Gasteiger partial charge in [0.15, 0.2) is 11.5 Å². The number of hydrogen-bond donors (Lipinski definition) is 1. The van der Waals surface area contributed by atoms with Crippen LogP contribution in [0.2, 0.25) is 0 Å². The maximum atomic E-state index is 13.1. The van der Waals surface area contributed by atoms with Crippen molar-refractivity contribution in [3.05, 3.63) is 47.0 Å². The topological polar surface area (TPSA) is 111 Å². The molecule has 0 fully saturated rings. The summed E-state index contributed by atoms with van der Waals surface area (Å²) < 4.78 is 41.4. The zero-order valence-electron chi connectivity index (χ0n) is 19.2. The van der Waals surface area contributed by atoms with Crippen LogP contribution in [-0.4, -0.2) is 53.9 Å². The lowest BCUT2D eigenvalue weighted by Crippen LogP contribution is -2.45. The highest BCUT2D eigenvalue weighted by Crippen LogP contribution is 2.34. The van der Waals surface area contributed by atoms with E-state index in [1.807, 2.05) is 13.8 Å². The predicted molar refractivity (Wildman–Crippen MR) is 122 cm³/mol. The van der Waals surface area contributed by atoms with Crippen molar-refractivity contribution in [1.82, 2.24) is 0 Å². The molecule has 0 heterocycles. The Bertz CT molecular complexity index is 1130. The molecule has 32 heavy (non-hydrogen) atoms. The summed E-state index contributed by atoms with van der Waals surface area (Å²) in [4.78, 5) is 25.4. The first-order chi connectivity index (χ1) is 14.9. The van der Waals surface area contributed by atoms with Gasteiger partial charge in [0.25, 0.3) is 0 Å². The molecule has 0 aliphatic heterocycles. The third-order valence-corrected chi connectivity index (χ3v) is 6.26. The van der Waals surface area contributed by atoms with E-state index in [0.29, 0.717) is 5.69 Å². The van der Waals surface area contributed by atoms with Crippen molar-refractivity contribution in [3.63, 3.8) is 0 Å². The molecule has 0 saturated heterocycles. The van der Waals surface area contributed by atoms with Crippen LogP contribution in [0.15, 0.2) is 30.3 Å². The van der Waals surface area contributed by atoms with Crippen molar-refractivity contribution in [1.29, 1.82) is 0 Å². The van der Waals surface area contributed by atoms with Gasteiger partial charge < -0.3 is 19.5 Å². The van der Waals surface area contributed by atoms with E-state index in [1.54, 1.807) is 18.2 Å². The van der Waals surface area contributed by atoms with E-state index in [4.69, 9.17) is 14.2 Å². The number of sulfonamides is 1. The maximum absolute atomic E-state index is 13.1. The van der Waals surface area contributed by atoms with Gasteiger partial charge in [0.1, 0.15) is 6.04 Å². The lowest BCUT2D eigenvalue weighted by molar-refractivity contribution is -0.116.